The van der Waals surface area contributed by atoms with Crippen molar-refractivity contribution in [2.75, 3.05) is 6.54 Å². The third-order valence-electron chi connectivity index (χ3n) is 6.47. The van der Waals surface area contributed by atoms with Crippen molar-refractivity contribution in [2.45, 2.75) is 42.4 Å². The maximum Gasteiger partial charge on any atom is 0.269 e. The summed E-state index contributed by atoms with van der Waals surface area (Å²) in [7, 11) is -1.69. The fraction of sp³-hybridized carbons (Fsp3) is 0.296. The largest absolute Gasteiger partial charge is 0.392 e. The fourth-order valence-electron chi connectivity index (χ4n) is 4.56. The van der Waals surface area contributed by atoms with Crippen LogP contribution < -0.4 is 10.0 Å². The molecular formula is C27H29N3O6S. The van der Waals surface area contributed by atoms with E-state index in [1.807, 2.05) is 54.6 Å². The molecule has 0 radical (unpaired) electrons. The van der Waals surface area contributed by atoms with Crippen LogP contribution in [0.15, 0.2) is 83.8 Å². The van der Waals surface area contributed by atoms with E-state index in [-0.39, 0.29) is 24.6 Å². The molecule has 1 aliphatic rings. The molecule has 4 rings (SSSR count). The number of hydrogen-bond acceptors (Lipinski definition) is 6. The van der Waals surface area contributed by atoms with Crippen molar-refractivity contribution < 1.29 is 24.1 Å². The summed E-state index contributed by atoms with van der Waals surface area (Å²) in [6, 6.07) is 21.9. The smallest absolute Gasteiger partial charge is 0.269 e. The van der Waals surface area contributed by atoms with Crippen LogP contribution in [0.1, 0.15) is 29.2 Å². The Balaban J connectivity index is 1.40. The van der Waals surface area contributed by atoms with E-state index in [1.165, 1.54) is 24.3 Å². The minimum absolute atomic E-state index is 0.0446. The Bertz CT molecular complexity index is 1250. The highest BCUT2D eigenvalue weighted by Crippen LogP contribution is 2.32. The number of carbonyl (C=O) groups is 1. The Kier molecular flexibility index (Phi) is 8.78. The van der Waals surface area contributed by atoms with Crippen molar-refractivity contribution in [3.8, 4) is 0 Å². The minimum atomic E-state index is -1.69. The first-order valence-electron chi connectivity index (χ1n) is 12.0. The molecule has 0 aromatic heterocycles. The van der Waals surface area contributed by atoms with Crippen LogP contribution >= 0.6 is 0 Å². The minimum Gasteiger partial charge on any atom is -0.392 e. The highest BCUT2D eigenvalue weighted by Gasteiger charge is 2.34. The zero-order valence-corrected chi connectivity index (χ0v) is 20.8. The lowest BCUT2D eigenvalue weighted by atomic mass is 9.92. The summed E-state index contributed by atoms with van der Waals surface area (Å²) in [6.07, 6.45) is -0.752. The van der Waals surface area contributed by atoms with E-state index in [0.717, 1.165) is 16.7 Å². The number of aliphatic hydroxyl groups excluding tert-OH is 2. The number of rotatable bonds is 11. The van der Waals surface area contributed by atoms with Crippen molar-refractivity contribution in [1.29, 1.82) is 0 Å². The second-order valence-corrected chi connectivity index (χ2v) is 10.4. The standard InChI is InChI=1S/C27H29N3O6S/c31-22(17-28-37(36)23-12-10-21(11-13-23)30(34)35)15-20(14-18-6-2-1-3-7-18)27(33)29-26-24-9-5-4-8-19(24)16-25(26)32/h1-13,20,22,25-26,28,31-32H,14-17H2,(H,29,33)/t20-,22+,25-,26+,37?/m1/s1. The molecule has 1 aliphatic carbocycles. The molecule has 0 heterocycles. The number of nitro groups is 1. The average Bonchev–Trinajstić information content (AvgIpc) is 3.22. The summed E-state index contributed by atoms with van der Waals surface area (Å²) < 4.78 is 15.3. The van der Waals surface area contributed by atoms with E-state index in [9.17, 15) is 29.3 Å². The van der Waals surface area contributed by atoms with Gasteiger partial charge in [-0.05, 0) is 41.7 Å². The number of nitrogens with zero attached hydrogens (tertiary/aromatic N) is 1. The molecule has 0 spiro atoms. The number of fused-ring (bicyclic) bond motifs is 1. The molecular weight excluding hydrogens is 494 g/mol. The third-order valence-corrected chi connectivity index (χ3v) is 7.59. The molecule has 0 saturated carbocycles. The maximum atomic E-state index is 13.4. The molecule has 0 fully saturated rings. The number of amides is 1. The highest BCUT2D eigenvalue weighted by atomic mass is 32.2. The second kappa shape index (κ2) is 12.2. The SMILES string of the molecule is O=C(N[C@H]1c2ccccc2C[C@H]1O)[C@H](Cc1ccccc1)C[C@H](O)CNS(=O)c1ccc([N+](=O)[O-])cc1. The Morgan fingerprint density at radius 3 is 2.43 bits per heavy atom. The van der Waals surface area contributed by atoms with Crippen molar-refractivity contribution in [3.05, 3.63) is 106 Å². The zero-order valence-electron chi connectivity index (χ0n) is 20.0. The number of carbonyl (C=O) groups excluding carboxylic acids is 1. The van der Waals surface area contributed by atoms with E-state index in [4.69, 9.17) is 0 Å². The molecule has 0 aliphatic heterocycles. The van der Waals surface area contributed by atoms with Crippen molar-refractivity contribution in [2.24, 2.45) is 5.92 Å². The van der Waals surface area contributed by atoms with Gasteiger partial charge in [0, 0.05) is 31.0 Å². The summed E-state index contributed by atoms with van der Waals surface area (Å²) >= 11 is 0. The number of non-ortho nitro benzene ring substituents is 1. The van der Waals surface area contributed by atoms with E-state index < -0.39 is 40.1 Å². The zero-order chi connectivity index (χ0) is 26.4. The molecule has 37 heavy (non-hydrogen) atoms. The lowest BCUT2D eigenvalue weighted by Gasteiger charge is -2.24. The molecule has 10 heteroatoms. The monoisotopic (exact) mass is 523 g/mol. The predicted octanol–water partition coefficient (Wildman–Crippen LogP) is 2.59. The number of nitrogens with one attached hydrogen (secondary N) is 2. The number of aliphatic hydroxyl groups is 2. The van der Waals surface area contributed by atoms with Crippen LogP contribution in [-0.2, 0) is 28.6 Å². The van der Waals surface area contributed by atoms with Gasteiger partial charge in [0.25, 0.3) is 5.69 Å². The van der Waals surface area contributed by atoms with Crippen LogP contribution in [0.2, 0.25) is 0 Å². The molecule has 194 valence electrons. The van der Waals surface area contributed by atoms with Crippen LogP contribution in [0.25, 0.3) is 0 Å². The van der Waals surface area contributed by atoms with E-state index in [1.54, 1.807) is 0 Å². The van der Waals surface area contributed by atoms with Gasteiger partial charge in [-0.25, -0.2) is 8.93 Å². The summed E-state index contributed by atoms with van der Waals surface area (Å²) in [5.41, 5.74) is 2.72. The number of hydrogen-bond donors (Lipinski definition) is 4. The van der Waals surface area contributed by atoms with Gasteiger partial charge in [-0.15, -0.1) is 0 Å². The van der Waals surface area contributed by atoms with Gasteiger partial charge in [-0.1, -0.05) is 54.6 Å². The molecule has 0 saturated heterocycles. The van der Waals surface area contributed by atoms with Crippen LogP contribution in [-0.4, -0.2) is 44.0 Å². The maximum absolute atomic E-state index is 13.4. The molecule has 1 unspecified atom stereocenters. The first kappa shape index (κ1) is 26.6. The van der Waals surface area contributed by atoms with Gasteiger partial charge >= 0.3 is 0 Å². The Labute approximate surface area is 217 Å². The van der Waals surface area contributed by atoms with Gasteiger partial charge in [0.1, 0.15) is 11.0 Å². The Morgan fingerprint density at radius 2 is 1.73 bits per heavy atom. The Hall–Kier alpha value is -3.44. The van der Waals surface area contributed by atoms with Gasteiger partial charge in [0.05, 0.1) is 28.1 Å². The van der Waals surface area contributed by atoms with Crippen LogP contribution in [0.4, 0.5) is 5.69 Å². The van der Waals surface area contributed by atoms with Crippen molar-refractivity contribution in [1.82, 2.24) is 10.0 Å². The van der Waals surface area contributed by atoms with Gasteiger partial charge < -0.3 is 15.5 Å². The molecule has 9 nitrogen and oxygen atoms in total. The lowest BCUT2D eigenvalue weighted by Crippen LogP contribution is -2.40. The molecule has 1 amide bonds. The lowest BCUT2D eigenvalue weighted by molar-refractivity contribution is -0.384. The normalized spacial score (nSPS) is 19.0. The summed E-state index contributed by atoms with van der Waals surface area (Å²) in [5.74, 6) is -0.868. The summed E-state index contributed by atoms with van der Waals surface area (Å²) in [4.78, 5) is 24.0. The summed E-state index contributed by atoms with van der Waals surface area (Å²) in [5, 5.41) is 35.1. The second-order valence-electron chi connectivity index (χ2n) is 9.10. The topological polar surface area (TPSA) is 142 Å². The fourth-order valence-corrected chi connectivity index (χ4v) is 5.45. The predicted molar refractivity (Wildman–Crippen MR) is 139 cm³/mol. The molecule has 0 bridgehead atoms. The Morgan fingerprint density at radius 1 is 1.05 bits per heavy atom. The molecule has 3 aromatic rings. The van der Waals surface area contributed by atoms with E-state index >= 15 is 0 Å². The molecule has 5 atom stereocenters. The van der Waals surface area contributed by atoms with Crippen LogP contribution in [0, 0.1) is 16.0 Å². The molecule has 4 N–H and O–H groups in total. The highest BCUT2D eigenvalue weighted by molar-refractivity contribution is 7.83. The van der Waals surface area contributed by atoms with Crippen LogP contribution in [0.3, 0.4) is 0 Å². The van der Waals surface area contributed by atoms with Crippen LogP contribution in [0.5, 0.6) is 0 Å². The third kappa shape index (κ3) is 6.86. The number of benzene rings is 3. The van der Waals surface area contributed by atoms with Gasteiger partial charge in [-0.3, -0.25) is 14.9 Å². The van der Waals surface area contributed by atoms with Crippen molar-refractivity contribution >= 4 is 22.6 Å². The first-order valence-corrected chi connectivity index (χ1v) is 13.1. The van der Waals surface area contributed by atoms with E-state index in [0.29, 0.717) is 17.7 Å². The van der Waals surface area contributed by atoms with E-state index in [2.05, 4.69) is 10.0 Å². The summed E-state index contributed by atoms with van der Waals surface area (Å²) in [6.45, 7) is -0.0446. The number of nitro benzene ring substituents is 1. The van der Waals surface area contributed by atoms with Gasteiger partial charge in [-0.2, -0.15) is 0 Å². The first-order chi connectivity index (χ1) is 17.8. The van der Waals surface area contributed by atoms with Crippen molar-refractivity contribution in [3.63, 3.8) is 0 Å². The quantitative estimate of drug-likeness (QED) is 0.225. The van der Waals surface area contributed by atoms with Gasteiger partial charge in [0.2, 0.25) is 5.91 Å². The average molecular weight is 524 g/mol. The molecule has 3 aromatic carbocycles. The van der Waals surface area contributed by atoms with Gasteiger partial charge in [0.15, 0.2) is 0 Å².